The number of hydrogen-bond donors (Lipinski definition) is 2. The number of aromatic nitrogens is 2. The summed E-state index contributed by atoms with van der Waals surface area (Å²) in [6.07, 6.45) is 2.06. The van der Waals surface area contributed by atoms with Gasteiger partial charge in [-0.05, 0) is 42.5 Å². The van der Waals surface area contributed by atoms with Crippen molar-refractivity contribution in [3.63, 3.8) is 0 Å². The van der Waals surface area contributed by atoms with Gasteiger partial charge in [-0.1, -0.05) is 12.6 Å². The molecule has 1 amide bonds. The van der Waals surface area contributed by atoms with Crippen LogP contribution in [-0.4, -0.2) is 42.0 Å². The average molecular weight is 465 g/mol. The third-order valence-corrected chi connectivity index (χ3v) is 5.77. The molecule has 2 heterocycles. The third-order valence-electron chi connectivity index (χ3n) is 4.66. The van der Waals surface area contributed by atoms with Crippen LogP contribution in [0.1, 0.15) is 5.69 Å². The van der Waals surface area contributed by atoms with E-state index in [9.17, 15) is 4.79 Å². The Morgan fingerprint density at radius 2 is 1.97 bits per heavy atom. The molecule has 1 aliphatic heterocycles. The quantitative estimate of drug-likeness (QED) is 0.326. The van der Waals surface area contributed by atoms with Gasteiger partial charge in [0.15, 0.2) is 0 Å². The molecule has 1 aliphatic rings. The van der Waals surface area contributed by atoms with Crippen molar-refractivity contribution in [2.45, 2.75) is 11.3 Å². The first-order valence-electron chi connectivity index (χ1n) is 10.4. The van der Waals surface area contributed by atoms with Crippen molar-refractivity contribution in [3.05, 3.63) is 66.9 Å². The van der Waals surface area contributed by atoms with Crippen LogP contribution in [-0.2, 0) is 16.0 Å². The van der Waals surface area contributed by atoms with E-state index in [1.807, 2.05) is 30.3 Å². The third kappa shape index (κ3) is 6.03. The van der Waals surface area contributed by atoms with Crippen LogP contribution >= 0.6 is 11.8 Å². The van der Waals surface area contributed by atoms with E-state index in [1.165, 1.54) is 6.08 Å². The normalized spacial score (nSPS) is 12.0. The lowest BCUT2D eigenvalue weighted by Gasteiger charge is -2.13. The van der Waals surface area contributed by atoms with E-state index in [2.05, 4.69) is 27.2 Å². The van der Waals surface area contributed by atoms with Crippen molar-refractivity contribution in [1.82, 2.24) is 9.97 Å². The smallest absolute Gasteiger partial charge is 0.247 e. The van der Waals surface area contributed by atoms with Gasteiger partial charge in [-0.2, -0.15) is 4.98 Å². The molecule has 0 aliphatic carbocycles. The van der Waals surface area contributed by atoms with Crippen molar-refractivity contribution < 1.29 is 19.0 Å². The van der Waals surface area contributed by atoms with E-state index in [0.717, 1.165) is 34.2 Å². The number of aryl methyl sites for hydroxylation is 1. The molecule has 33 heavy (non-hydrogen) atoms. The highest BCUT2D eigenvalue weighted by molar-refractivity contribution is 7.99. The highest BCUT2D eigenvalue weighted by Gasteiger charge is 2.22. The highest BCUT2D eigenvalue weighted by Crippen LogP contribution is 2.40. The van der Waals surface area contributed by atoms with Gasteiger partial charge in [-0.3, -0.25) is 4.79 Å². The van der Waals surface area contributed by atoms with Crippen LogP contribution in [0.15, 0.2) is 66.1 Å². The molecule has 0 fully saturated rings. The predicted octanol–water partition coefficient (Wildman–Crippen LogP) is 4.81. The Morgan fingerprint density at radius 3 is 2.76 bits per heavy atom. The minimum absolute atomic E-state index is 0.285. The van der Waals surface area contributed by atoms with Gasteiger partial charge in [0.25, 0.3) is 0 Å². The fourth-order valence-corrected chi connectivity index (χ4v) is 4.14. The first-order chi connectivity index (χ1) is 16.1. The molecule has 0 bridgehead atoms. The minimum Gasteiger partial charge on any atom is -0.491 e. The molecule has 0 atom stereocenters. The lowest BCUT2D eigenvalue weighted by atomic mass is 10.3. The van der Waals surface area contributed by atoms with Crippen molar-refractivity contribution >= 4 is 35.0 Å². The molecule has 2 N–H and O–H groups in total. The van der Waals surface area contributed by atoms with E-state index in [4.69, 9.17) is 14.2 Å². The van der Waals surface area contributed by atoms with Gasteiger partial charge in [0.05, 0.1) is 17.2 Å². The molecule has 0 saturated heterocycles. The van der Waals surface area contributed by atoms with Crippen LogP contribution in [0.2, 0.25) is 0 Å². The molecule has 3 aromatic rings. The lowest BCUT2D eigenvalue weighted by Crippen LogP contribution is -2.07. The number of fused-ring (bicyclic) bond motifs is 1. The number of amides is 1. The zero-order valence-corrected chi connectivity index (χ0v) is 19.0. The maximum atomic E-state index is 11.6. The Morgan fingerprint density at radius 1 is 1.12 bits per heavy atom. The second-order valence-electron chi connectivity index (χ2n) is 7.04. The highest BCUT2D eigenvalue weighted by atomic mass is 32.2. The SMILES string of the molecule is C=CC(=O)Nc1cccc(Oc2nc(Nc3ccc(OCCOC)cc3)nc3c2SCC3)c1. The number of carbonyl (C=O) groups excluding carboxylic acids is 1. The fraction of sp³-hybridized carbons (Fsp3) is 0.208. The molecule has 8 nitrogen and oxygen atoms in total. The van der Waals surface area contributed by atoms with E-state index in [-0.39, 0.29) is 5.91 Å². The van der Waals surface area contributed by atoms with Gasteiger partial charge >= 0.3 is 0 Å². The van der Waals surface area contributed by atoms with Crippen LogP contribution < -0.4 is 20.1 Å². The average Bonchev–Trinajstić information content (AvgIpc) is 3.30. The van der Waals surface area contributed by atoms with Crippen molar-refractivity contribution in [1.29, 1.82) is 0 Å². The number of rotatable bonds is 10. The van der Waals surface area contributed by atoms with E-state index >= 15 is 0 Å². The lowest BCUT2D eigenvalue weighted by molar-refractivity contribution is -0.111. The summed E-state index contributed by atoms with van der Waals surface area (Å²) in [6.45, 7) is 4.50. The molecule has 0 radical (unpaired) electrons. The zero-order chi connectivity index (χ0) is 23.0. The summed E-state index contributed by atoms with van der Waals surface area (Å²) in [5.41, 5.74) is 2.39. The molecule has 9 heteroatoms. The summed E-state index contributed by atoms with van der Waals surface area (Å²) in [6, 6.07) is 14.7. The Hall–Kier alpha value is -3.56. The largest absolute Gasteiger partial charge is 0.491 e. The summed E-state index contributed by atoms with van der Waals surface area (Å²) >= 11 is 1.67. The summed E-state index contributed by atoms with van der Waals surface area (Å²) < 4.78 is 16.7. The molecule has 4 rings (SSSR count). The molecule has 170 valence electrons. The minimum atomic E-state index is -0.285. The number of nitrogens with one attached hydrogen (secondary N) is 2. The summed E-state index contributed by atoms with van der Waals surface area (Å²) in [7, 11) is 1.64. The maximum Gasteiger partial charge on any atom is 0.247 e. The standard InChI is InChI=1S/C24H24N4O4S/c1-3-21(29)25-17-5-4-6-19(15-17)32-23-22-20(11-14-33-22)27-24(28-23)26-16-7-9-18(10-8-16)31-13-12-30-2/h3-10,15H,1,11-14H2,2H3,(H,25,29)(H,26,27,28). The van der Waals surface area contributed by atoms with E-state index < -0.39 is 0 Å². The van der Waals surface area contributed by atoms with Gasteiger partial charge in [0, 0.05) is 36.7 Å². The van der Waals surface area contributed by atoms with Crippen LogP contribution in [0, 0.1) is 0 Å². The predicted molar refractivity (Wildman–Crippen MR) is 129 cm³/mol. The molecular formula is C24H24N4O4S. The van der Waals surface area contributed by atoms with Crippen molar-refractivity contribution in [2.75, 3.05) is 36.7 Å². The number of anilines is 3. The fourth-order valence-electron chi connectivity index (χ4n) is 3.11. The zero-order valence-electron chi connectivity index (χ0n) is 18.2. The van der Waals surface area contributed by atoms with Gasteiger partial charge in [0.1, 0.15) is 18.1 Å². The number of thioether (sulfide) groups is 1. The summed E-state index contributed by atoms with van der Waals surface area (Å²) in [5, 5.41) is 5.97. The molecular weight excluding hydrogens is 440 g/mol. The molecule has 0 saturated carbocycles. The Balaban J connectivity index is 1.51. The van der Waals surface area contributed by atoms with Gasteiger partial charge in [-0.15, -0.1) is 11.8 Å². The summed E-state index contributed by atoms with van der Waals surface area (Å²) in [4.78, 5) is 21.8. The van der Waals surface area contributed by atoms with Crippen LogP contribution in [0.5, 0.6) is 17.4 Å². The number of nitrogens with zero attached hydrogens (tertiary/aromatic N) is 2. The monoisotopic (exact) mass is 464 g/mol. The first kappa shape index (κ1) is 22.6. The van der Waals surface area contributed by atoms with Crippen LogP contribution in [0.4, 0.5) is 17.3 Å². The number of hydrogen-bond acceptors (Lipinski definition) is 8. The molecule has 2 aromatic carbocycles. The Kier molecular flexibility index (Phi) is 7.43. The summed E-state index contributed by atoms with van der Waals surface area (Å²) in [5.74, 6) is 2.90. The van der Waals surface area contributed by atoms with E-state index in [1.54, 1.807) is 37.1 Å². The van der Waals surface area contributed by atoms with Crippen LogP contribution in [0.3, 0.4) is 0 Å². The number of methoxy groups -OCH3 is 1. The molecule has 1 aromatic heterocycles. The van der Waals surface area contributed by atoms with Crippen molar-refractivity contribution in [2.24, 2.45) is 0 Å². The number of ether oxygens (including phenoxy) is 3. The second kappa shape index (κ2) is 10.8. The maximum absolute atomic E-state index is 11.6. The van der Waals surface area contributed by atoms with Gasteiger partial charge < -0.3 is 24.8 Å². The number of carbonyl (C=O) groups is 1. The van der Waals surface area contributed by atoms with Crippen molar-refractivity contribution in [3.8, 4) is 17.4 Å². The Labute approximate surface area is 196 Å². The molecule has 0 spiro atoms. The Bertz CT molecular complexity index is 1140. The number of benzene rings is 2. The van der Waals surface area contributed by atoms with Gasteiger partial charge in [0.2, 0.25) is 17.7 Å². The van der Waals surface area contributed by atoms with Crippen LogP contribution in [0.25, 0.3) is 0 Å². The second-order valence-corrected chi connectivity index (χ2v) is 8.15. The molecule has 0 unspecified atom stereocenters. The van der Waals surface area contributed by atoms with E-state index in [0.29, 0.717) is 36.5 Å². The van der Waals surface area contributed by atoms with Gasteiger partial charge in [-0.25, -0.2) is 4.98 Å². The topological polar surface area (TPSA) is 94.6 Å². The first-order valence-corrected chi connectivity index (χ1v) is 11.4.